The lowest BCUT2D eigenvalue weighted by Gasteiger charge is -2.39. The maximum atomic E-state index is 5.74. The lowest BCUT2D eigenvalue weighted by atomic mass is 9.94. The standard InChI is InChI=1S/C16H32N2O/c1-4-19-12-15(14(2)3)18-11-7-10-17-16(13-18)8-5-6-9-16/h14-15,17H,4-13H2,1-3H3. The molecule has 2 rings (SSSR count). The van der Waals surface area contributed by atoms with Gasteiger partial charge in [-0.25, -0.2) is 0 Å². The van der Waals surface area contributed by atoms with Crippen molar-refractivity contribution in [1.82, 2.24) is 10.2 Å². The Balaban J connectivity index is 2.02. The van der Waals surface area contributed by atoms with Crippen LogP contribution in [0.3, 0.4) is 0 Å². The van der Waals surface area contributed by atoms with Crippen molar-refractivity contribution in [3.63, 3.8) is 0 Å². The Morgan fingerprint density at radius 1 is 1.21 bits per heavy atom. The average molecular weight is 268 g/mol. The Hall–Kier alpha value is -0.120. The molecule has 1 saturated heterocycles. The fraction of sp³-hybridized carbons (Fsp3) is 1.00. The molecule has 1 aliphatic carbocycles. The summed E-state index contributed by atoms with van der Waals surface area (Å²) in [5.41, 5.74) is 0.413. The third-order valence-corrected chi connectivity index (χ3v) is 4.92. The van der Waals surface area contributed by atoms with E-state index in [1.165, 1.54) is 51.7 Å². The second-order valence-corrected chi connectivity index (χ2v) is 6.71. The van der Waals surface area contributed by atoms with Gasteiger partial charge in [-0.1, -0.05) is 26.7 Å². The molecule has 0 amide bonds. The van der Waals surface area contributed by atoms with E-state index in [1.54, 1.807) is 0 Å². The fourth-order valence-corrected chi connectivity index (χ4v) is 3.79. The summed E-state index contributed by atoms with van der Waals surface area (Å²) in [6.45, 7) is 12.1. The fourth-order valence-electron chi connectivity index (χ4n) is 3.79. The van der Waals surface area contributed by atoms with E-state index in [2.05, 4.69) is 31.0 Å². The number of nitrogens with zero attached hydrogens (tertiary/aromatic N) is 1. The van der Waals surface area contributed by atoms with Crippen LogP contribution in [0.2, 0.25) is 0 Å². The van der Waals surface area contributed by atoms with Crippen molar-refractivity contribution in [3.05, 3.63) is 0 Å². The largest absolute Gasteiger partial charge is 0.380 e. The zero-order valence-electron chi connectivity index (χ0n) is 13.1. The van der Waals surface area contributed by atoms with Gasteiger partial charge in [0.15, 0.2) is 0 Å². The minimum Gasteiger partial charge on any atom is -0.380 e. The van der Waals surface area contributed by atoms with Crippen LogP contribution >= 0.6 is 0 Å². The van der Waals surface area contributed by atoms with Gasteiger partial charge in [0.1, 0.15) is 0 Å². The van der Waals surface area contributed by atoms with Gasteiger partial charge in [0.25, 0.3) is 0 Å². The molecule has 112 valence electrons. The molecule has 2 aliphatic rings. The van der Waals surface area contributed by atoms with Crippen molar-refractivity contribution in [3.8, 4) is 0 Å². The summed E-state index contributed by atoms with van der Waals surface area (Å²) in [5, 5.41) is 3.85. The van der Waals surface area contributed by atoms with Crippen LogP contribution in [0.15, 0.2) is 0 Å². The molecule has 1 heterocycles. The van der Waals surface area contributed by atoms with Gasteiger partial charge in [0, 0.05) is 24.7 Å². The summed E-state index contributed by atoms with van der Waals surface area (Å²) in [4.78, 5) is 2.71. The predicted molar refractivity (Wildman–Crippen MR) is 80.5 cm³/mol. The summed E-state index contributed by atoms with van der Waals surface area (Å²) in [7, 11) is 0. The van der Waals surface area contributed by atoms with Gasteiger partial charge in [-0.15, -0.1) is 0 Å². The highest BCUT2D eigenvalue weighted by Gasteiger charge is 2.38. The van der Waals surface area contributed by atoms with Gasteiger partial charge < -0.3 is 10.1 Å². The van der Waals surface area contributed by atoms with Crippen molar-refractivity contribution in [2.24, 2.45) is 5.92 Å². The highest BCUT2D eigenvalue weighted by Crippen LogP contribution is 2.32. The highest BCUT2D eigenvalue weighted by atomic mass is 16.5. The molecular weight excluding hydrogens is 236 g/mol. The van der Waals surface area contributed by atoms with Gasteiger partial charge >= 0.3 is 0 Å². The maximum Gasteiger partial charge on any atom is 0.0624 e. The molecule has 1 saturated carbocycles. The molecule has 1 aliphatic heterocycles. The van der Waals surface area contributed by atoms with Crippen molar-refractivity contribution in [1.29, 1.82) is 0 Å². The van der Waals surface area contributed by atoms with Crippen LogP contribution in [0, 0.1) is 5.92 Å². The van der Waals surface area contributed by atoms with Crippen LogP contribution in [-0.2, 0) is 4.74 Å². The van der Waals surface area contributed by atoms with E-state index in [-0.39, 0.29) is 0 Å². The molecule has 1 spiro atoms. The SMILES string of the molecule is CCOCC(C(C)C)N1CCCNC2(CCCC2)C1. The number of ether oxygens (including phenoxy) is 1. The number of nitrogens with one attached hydrogen (secondary N) is 1. The Morgan fingerprint density at radius 3 is 2.58 bits per heavy atom. The average Bonchev–Trinajstić information content (AvgIpc) is 2.72. The first-order valence-electron chi connectivity index (χ1n) is 8.24. The van der Waals surface area contributed by atoms with E-state index in [4.69, 9.17) is 4.74 Å². The summed E-state index contributed by atoms with van der Waals surface area (Å²) in [5.74, 6) is 0.670. The zero-order chi connectivity index (χ0) is 13.7. The Bertz CT molecular complexity index is 261. The minimum absolute atomic E-state index is 0.413. The molecule has 3 nitrogen and oxygen atoms in total. The monoisotopic (exact) mass is 268 g/mol. The molecule has 2 fully saturated rings. The van der Waals surface area contributed by atoms with Crippen molar-refractivity contribution < 1.29 is 4.74 Å². The van der Waals surface area contributed by atoms with Gasteiger partial charge in [0.2, 0.25) is 0 Å². The molecule has 0 bridgehead atoms. The van der Waals surface area contributed by atoms with Crippen LogP contribution in [-0.4, -0.2) is 49.3 Å². The van der Waals surface area contributed by atoms with E-state index in [1.807, 2.05) is 0 Å². The van der Waals surface area contributed by atoms with Crippen molar-refractivity contribution in [2.45, 2.75) is 64.5 Å². The summed E-state index contributed by atoms with van der Waals surface area (Å²) in [6.07, 6.45) is 6.81. The quantitative estimate of drug-likeness (QED) is 0.829. The maximum absolute atomic E-state index is 5.74. The van der Waals surface area contributed by atoms with Gasteiger partial charge in [-0.05, 0) is 45.2 Å². The number of rotatable bonds is 5. The van der Waals surface area contributed by atoms with E-state index < -0.39 is 0 Å². The first-order valence-corrected chi connectivity index (χ1v) is 8.24. The van der Waals surface area contributed by atoms with Crippen LogP contribution in [0.25, 0.3) is 0 Å². The topological polar surface area (TPSA) is 24.5 Å². The van der Waals surface area contributed by atoms with Crippen LogP contribution in [0.5, 0.6) is 0 Å². The Morgan fingerprint density at radius 2 is 1.95 bits per heavy atom. The first kappa shape index (κ1) is 15.3. The normalized spacial score (nSPS) is 25.9. The summed E-state index contributed by atoms with van der Waals surface area (Å²) >= 11 is 0. The molecule has 1 N–H and O–H groups in total. The molecule has 0 aromatic carbocycles. The minimum atomic E-state index is 0.413. The molecule has 1 unspecified atom stereocenters. The lowest BCUT2D eigenvalue weighted by Crippen LogP contribution is -2.53. The van der Waals surface area contributed by atoms with Crippen LogP contribution < -0.4 is 5.32 Å². The highest BCUT2D eigenvalue weighted by molar-refractivity contribution is 4.98. The zero-order valence-corrected chi connectivity index (χ0v) is 13.1. The molecule has 1 atom stereocenters. The summed E-state index contributed by atoms with van der Waals surface area (Å²) < 4.78 is 5.74. The van der Waals surface area contributed by atoms with Gasteiger partial charge in [0.05, 0.1) is 6.61 Å². The van der Waals surface area contributed by atoms with Crippen LogP contribution in [0.1, 0.15) is 52.9 Å². The first-order chi connectivity index (χ1) is 9.17. The van der Waals surface area contributed by atoms with Gasteiger partial charge in [-0.3, -0.25) is 4.90 Å². The number of hydrogen-bond donors (Lipinski definition) is 1. The molecule has 3 heteroatoms. The lowest BCUT2D eigenvalue weighted by molar-refractivity contribution is 0.0352. The van der Waals surface area contributed by atoms with Crippen molar-refractivity contribution in [2.75, 3.05) is 32.8 Å². The predicted octanol–water partition coefficient (Wildman–Crippen LogP) is 2.66. The van der Waals surface area contributed by atoms with E-state index >= 15 is 0 Å². The number of hydrogen-bond acceptors (Lipinski definition) is 3. The molecular formula is C16H32N2O. The van der Waals surface area contributed by atoms with Gasteiger partial charge in [-0.2, -0.15) is 0 Å². The third-order valence-electron chi connectivity index (χ3n) is 4.92. The molecule has 0 aromatic rings. The van der Waals surface area contributed by atoms with Crippen molar-refractivity contribution >= 4 is 0 Å². The molecule has 0 aromatic heterocycles. The second kappa shape index (κ2) is 7.05. The second-order valence-electron chi connectivity index (χ2n) is 6.71. The third kappa shape index (κ3) is 3.93. The molecule has 0 radical (unpaired) electrons. The van der Waals surface area contributed by atoms with E-state index in [0.29, 0.717) is 17.5 Å². The van der Waals surface area contributed by atoms with E-state index in [0.717, 1.165) is 13.2 Å². The smallest absolute Gasteiger partial charge is 0.0624 e. The Kier molecular flexibility index (Phi) is 5.67. The Labute approximate surface area is 119 Å². The van der Waals surface area contributed by atoms with Crippen LogP contribution in [0.4, 0.5) is 0 Å². The van der Waals surface area contributed by atoms with E-state index in [9.17, 15) is 0 Å². The molecule has 19 heavy (non-hydrogen) atoms. The summed E-state index contributed by atoms with van der Waals surface area (Å²) in [6, 6.07) is 0.581.